The predicted molar refractivity (Wildman–Crippen MR) is 74.8 cm³/mol. The molecule has 2 aromatic rings. The van der Waals surface area contributed by atoms with E-state index in [1.54, 1.807) is 6.07 Å². The largest absolute Gasteiger partial charge is 0.398 e. The molecule has 0 aromatic heterocycles. The fourth-order valence-electron chi connectivity index (χ4n) is 2.36. The zero-order valence-electron chi connectivity index (χ0n) is 9.66. The molecule has 0 radical (unpaired) electrons. The molecule has 92 valence electrons. The van der Waals surface area contributed by atoms with E-state index >= 15 is 0 Å². The molecule has 3 rings (SSSR count). The van der Waals surface area contributed by atoms with Crippen molar-refractivity contribution in [3.05, 3.63) is 57.8 Å². The molecule has 2 N–H and O–H groups in total. The Morgan fingerprint density at radius 2 is 2.00 bits per heavy atom. The van der Waals surface area contributed by atoms with Crippen LogP contribution in [0.15, 0.2) is 40.9 Å². The van der Waals surface area contributed by atoms with Gasteiger partial charge in [0.05, 0.1) is 5.69 Å². The van der Waals surface area contributed by atoms with Gasteiger partial charge in [-0.05, 0) is 51.3 Å². The zero-order valence-corrected chi connectivity index (χ0v) is 11.2. The Bertz CT molecular complexity index is 613. The minimum atomic E-state index is -0.234. The van der Waals surface area contributed by atoms with Crippen LogP contribution in [0.3, 0.4) is 0 Å². The highest BCUT2D eigenvalue weighted by Gasteiger charge is 2.22. The summed E-state index contributed by atoms with van der Waals surface area (Å²) in [4.78, 5) is 2.19. The molecule has 2 nitrogen and oxygen atoms in total. The van der Waals surface area contributed by atoms with E-state index in [0.29, 0.717) is 0 Å². The van der Waals surface area contributed by atoms with E-state index in [9.17, 15) is 4.39 Å². The summed E-state index contributed by atoms with van der Waals surface area (Å²) in [5.74, 6) is -0.234. The number of hydrogen-bond donors (Lipinski definition) is 1. The molecule has 1 heterocycles. The molecule has 1 aliphatic rings. The summed E-state index contributed by atoms with van der Waals surface area (Å²) >= 11 is 3.41. The number of fused-ring (bicyclic) bond motifs is 1. The van der Waals surface area contributed by atoms with Crippen molar-refractivity contribution in [1.29, 1.82) is 0 Å². The van der Waals surface area contributed by atoms with Gasteiger partial charge in [0.25, 0.3) is 0 Å². The maximum absolute atomic E-state index is 13.1. The summed E-state index contributed by atoms with van der Waals surface area (Å²) in [6, 6.07) is 10.7. The smallest absolute Gasteiger partial charge is 0.124 e. The second-order valence-electron chi connectivity index (χ2n) is 4.44. The first-order valence-electron chi connectivity index (χ1n) is 5.71. The van der Waals surface area contributed by atoms with Crippen LogP contribution in [0.25, 0.3) is 0 Å². The fraction of sp³-hybridized carbons (Fsp3) is 0.143. The Morgan fingerprint density at radius 1 is 1.17 bits per heavy atom. The van der Waals surface area contributed by atoms with Crippen LogP contribution < -0.4 is 10.6 Å². The fourth-order valence-corrected chi connectivity index (χ4v) is 2.96. The number of anilines is 2. The summed E-state index contributed by atoms with van der Waals surface area (Å²) in [5, 5.41) is 0. The second kappa shape index (κ2) is 4.28. The average molecular weight is 307 g/mol. The molecule has 0 amide bonds. The molecule has 0 spiro atoms. The van der Waals surface area contributed by atoms with Crippen LogP contribution in [0.5, 0.6) is 0 Å². The molecule has 0 atom stereocenters. The molecule has 0 fully saturated rings. The lowest BCUT2D eigenvalue weighted by Gasteiger charge is -2.19. The maximum atomic E-state index is 13.1. The molecule has 0 unspecified atom stereocenters. The molecule has 0 saturated heterocycles. The number of rotatable bonds is 1. The van der Waals surface area contributed by atoms with E-state index < -0.39 is 0 Å². The van der Waals surface area contributed by atoms with Gasteiger partial charge in [-0.15, -0.1) is 0 Å². The van der Waals surface area contributed by atoms with Crippen LogP contribution in [0.2, 0.25) is 0 Å². The molecule has 2 aromatic carbocycles. The number of benzene rings is 2. The first-order valence-corrected chi connectivity index (χ1v) is 6.50. The number of nitrogens with zero attached hydrogens (tertiary/aromatic N) is 1. The van der Waals surface area contributed by atoms with Gasteiger partial charge in [0.1, 0.15) is 5.82 Å². The second-order valence-corrected chi connectivity index (χ2v) is 5.29. The Labute approximate surface area is 113 Å². The van der Waals surface area contributed by atoms with Crippen molar-refractivity contribution in [2.45, 2.75) is 13.1 Å². The van der Waals surface area contributed by atoms with Crippen LogP contribution in [0.1, 0.15) is 11.1 Å². The van der Waals surface area contributed by atoms with Gasteiger partial charge >= 0.3 is 0 Å². The Hall–Kier alpha value is -1.55. The minimum absolute atomic E-state index is 0.234. The zero-order chi connectivity index (χ0) is 12.7. The van der Waals surface area contributed by atoms with Crippen molar-refractivity contribution in [3.63, 3.8) is 0 Å². The Balaban J connectivity index is 1.96. The van der Waals surface area contributed by atoms with Crippen molar-refractivity contribution in [2.24, 2.45) is 0 Å². The molecule has 1 aliphatic heterocycles. The normalized spacial score (nSPS) is 13.8. The van der Waals surface area contributed by atoms with Gasteiger partial charge in [0.2, 0.25) is 0 Å². The van der Waals surface area contributed by atoms with Gasteiger partial charge in [-0.1, -0.05) is 12.1 Å². The lowest BCUT2D eigenvalue weighted by molar-refractivity contribution is 0.626. The number of nitrogens with two attached hydrogens (primary N) is 1. The van der Waals surface area contributed by atoms with E-state index in [2.05, 4.69) is 26.9 Å². The molecule has 0 saturated carbocycles. The van der Waals surface area contributed by atoms with Gasteiger partial charge in [-0.2, -0.15) is 0 Å². The SMILES string of the molecule is Nc1cccc2c1CN(c1ccc(F)cc1Br)C2. The number of halogens is 2. The monoisotopic (exact) mass is 306 g/mol. The number of nitrogen functional groups attached to an aromatic ring is 1. The van der Waals surface area contributed by atoms with Crippen LogP contribution in [-0.2, 0) is 13.1 Å². The summed E-state index contributed by atoms with van der Waals surface area (Å²) in [6.07, 6.45) is 0. The lowest BCUT2D eigenvalue weighted by atomic mass is 10.1. The van der Waals surface area contributed by atoms with Crippen molar-refractivity contribution in [3.8, 4) is 0 Å². The summed E-state index contributed by atoms with van der Waals surface area (Å²) in [7, 11) is 0. The highest BCUT2D eigenvalue weighted by molar-refractivity contribution is 9.10. The lowest BCUT2D eigenvalue weighted by Crippen LogP contribution is -2.15. The minimum Gasteiger partial charge on any atom is -0.398 e. The summed E-state index contributed by atoms with van der Waals surface area (Å²) < 4.78 is 13.9. The Kier molecular flexibility index (Phi) is 2.74. The topological polar surface area (TPSA) is 29.3 Å². The molecule has 0 aliphatic carbocycles. The van der Waals surface area contributed by atoms with Gasteiger partial charge in [0.15, 0.2) is 0 Å². The summed E-state index contributed by atoms with van der Waals surface area (Å²) in [5.41, 5.74) is 10.2. The summed E-state index contributed by atoms with van der Waals surface area (Å²) in [6.45, 7) is 1.58. The van der Waals surface area contributed by atoms with E-state index in [4.69, 9.17) is 5.73 Å². The predicted octanol–water partition coefficient (Wildman–Crippen LogP) is 3.69. The van der Waals surface area contributed by atoms with Crippen molar-refractivity contribution in [1.82, 2.24) is 0 Å². The molecular formula is C14H12BrFN2. The Morgan fingerprint density at radius 3 is 2.72 bits per heavy atom. The highest BCUT2D eigenvalue weighted by Crippen LogP contribution is 2.35. The first-order chi connectivity index (χ1) is 8.65. The van der Waals surface area contributed by atoms with Crippen molar-refractivity contribution < 1.29 is 4.39 Å². The van der Waals surface area contributed by atoms with Gasteiger partial charge in [-0.25, -0.2) is 4.39 Å². The molecule has 4 heteroatoms. The van der Waals surface area contributed by atoms with E-state index in [1.165, 1.54) is 23.3 Å². The van der Waals surface area contributed by atoms with Crippen LogP contribution in [0.4, 0.5) is 15.8 Å². The van der Waals surface area contributed by atoms with Gasteiger partial charge < -0.3 is 10.6 Å². The maximum Gasteiger partial charge on any atom is 0.124 e. The van der Waals surface area contributed by atoms with Crippen LogP contribution in [0, 0.1) is 5.82 Å². The van der Waals surface area contributed by atoms with Crippen LogP contribution >= 0.6 is 15.9 Å². The van der Waals surface area contributed by atoms with Gasteiger partial charge in [-0.3, -0.25) is 0 Å². The van der Waals surface area contributed by atoms with Crippen molar-refractivity contribution in [2.75, 3.05) is 10.6 Å². The van der Waals surface area contributed by atoms with Crippen molar-refractivity contribution >= 4 is 27.3 Å². The van der Waals surface area contributed by atoms with E-state index in [-0.39, 0.29) is 5.82 Å². The third-order valence-corrected chi connectivity index (χ3v) is 3.91. The van der Waals surface area contributed by atoms with Gasteiger partial charge in [0, 0.05) is 23.2 Å². The van der Waals surface area contributed by atoms with Crippen LogP contribution in [-0.4, -0.2) is 0 Å². The van der Waals surface area contributed by atoms with E-state index in [1.807, 2.05) is 12.1 Å². The third kappa shape index (κ3) is 1.86. The molecular weight excluding hydrogens is 295 g/mol. The number of hydrogen-bond acceptors (Lipinski definition) is 2. The molecule has 18 heavy (non-hydrogen) atoms. The third-order valence-electron chi connectivity index (χ3n) is 3.27. The molecule has 0 bridgehead atoms. The average Bonchev–Trinajstić information content (AvgIpc) is 2.74. The standard InChI is InChI=1S/C14H12BrFN2/c15-12-6-10(16)4-5-14(12)18-7-9-2-1-3-13(17)11(9)8-18/h1-6H,7-8,17H2. The quantitative estimate of drug-likeness (QED) is 0.814. The van der Waals surface area contributed by atoms with E-state index in [0.717, 1.165) is 28.9 Å². The first kappa shape index (κ1) is 11.5. The highest BCUT2D eigenvalue weighted by atomic mass is 79.9.